The number of nitrogens with zero attached hydrogens (tertiary/aromatic N) is 1. The van der Waals surface area contributed by atoms with Crippen LogP contribution in [0.2, 0.25) is 0 Å². The Balaban J connectivity index is 2.08. The van der Waals surface area contributed by atoms with Crippen LogP contribution in [0.1, 0.15) is 22.3 Å². The highest BCUT2D eigenvalue weighted by molar-refractivity contribution is 5.95. The molecule has 98 valence electrons. The van der Waals surface area contributed by atoms with E-state index in [-0.39, 0.29) is 11.7 Å². The van der Waals surface area contributed by atoms with Crippen LogP contribution in [0.25, 0.3) is 0 Å². The summed E-state index contributed by atoms with van der Waals surface area (Å²) in [5, 5.41) is 0. The summed E-state index contributed by atoms with van der Waals surface area (Å²) >= 11 is 0. The highest BCUT2D eigenvalue weighted by atomic mass is 19.1. The fourth-order valence-electron chi connectivity index (χ4n) is 2.43. The number of rotatable bonds is 3. The molecule has 1 atom stereocenters. The number of halogens is 1. The van der Waals surface area contributed by atoms with Gasteiger partial charge < -0.3 is 9.64 Å². The predicted octanol–water partition coefficient (Wildman–Crippen LogP) is 2.24. The number of hydrogen-bond donors (Lipinski definition) is 0. The zero-order valence-corrected chi connectivity index (χ0v) is 10.8. The Morgan fingerprint density at radius 1 is 1.56 bits per heavy atom. The molecule has 1 unspecified atom stereocenters. The van der Waals surface area contributed by atoms with Gasteiger partial charge in [0, 0.05) is 31.7 Å². The van der Waals surface area contributed by atoms with E-state index in [2.05, 4.69) is 0 Å². The zero-order chi connectivity index (χ0) is 13.1. The first-order valence-electron chi connectivity index (χ1n) is 6.16. The van der Waals surface area contributed by atoms with Gasteiger partial charge in [0.25, 0.3) is 5.91 Å². The molecular weight excluding hydrogens is 233 g/mol. The van der Waals surface area contributed by atoms with Gasteiger partial charge in [0.1, 0.15) is 5.82 Å². The van der Waals surface area contributed by atoms with Gasteiger partial charge in [0.2, 0.25) is 0 Å². The van der Waals surface area contributed by atoms with E-state index >= 15 is 0 Å². The minimum Gasteiger partial charge on any atom is -0.384 e. The highest BCUT2D eigenvalue weighted by Gasteiger charge is 2.27. The van der Waals surface area contributed by atoms with Crippen molar-refractivity contribution >= 4 is 5.91 Å². The van der Waals surface area contributed by atoms with Gasteiger partial charge >= 0.3 is 0 Å². The van der Waals surface area contributed by atoms with Crippen molar-refractivity contribution in [1.29, 1.82) is 0 Å². The monoisotopic (exact) mass is 251 g/mol. The van der Waals surface area contributed by atoms with Gasteiger partial charge in [-0.1, -0.05) is 0 Å². The number of hydrogen-bond acceptors (Lipinski definition) is 2. The molecule has 0 aromatic heterocycles. The Kier molecular flexibility index (Phi) is 3.97. The lowest BCUT2D eigenvalue weighted by molar-refractivity contribution is 0.0774. The second-order valence-corrected chi connectivity index (χ2v) is 4.82. The summed E-state index contributed by atoms with van der Waals surface area (Å²) < 4.78 is 18.1. The first kappa shape index (κ1) is 13.0. The number of carbonyl (C=O) groups excluding carboxylic acids is 1. The average Bonchev–Trinajstić information content (AvgIpc) is 2.77. The average molecular weight is 251 g/mol. The summed E-state index contributed by atoms with van der Waals surface area (Å²) in [6.07, 6.45) is 0.972. The first-order chi connectivity index (χ1) is 8.61. The smallest absolute Gasteiger partial charge is 0.254 e. The number of methoxy groups -OCH3 is 1. The van der Waals surface area contributed by atoms with Gasteiger partial charge in [-0.2, -0.15) is 0 Å². The van der Waals surface area contributed by atoms with Crippen LogP contribution >= 0.6 is 0 Å². The SMILES string of the molecule is COCC1CCN(C(=O)c2ccc(F)cc2C)C1. The van der Waals surface area contributed by atoms with E-state index in [0.717, 1.165) is 19.5 Å². The Bertz CT molecular complexity index is 447. The summed E-state index contributed by atoms with van der Waals surface area (Å²) in [6.45, 7) is 3.93. The molecule has 1 aromatic rings. The quantitative estimate of drug-likeness (QED) is 0.824. The number of ether oxygens (including phenoxy) is 1. The van der Waals surface area contributed by atoms with Crippen molar-refractivity contribution in [2.24, 2.45) is 5.92 Å². The number of likely N-dealkylation sites (tertiary alicyclic amines) is 1. The van der Waals surface area contributed by atoms with Crippen molar-refractivity contribution in [3.63, 3.8) is 0 Å². The molecule has 0 spiro atoms. The third-order valence-corrected chi connectivity index (χ3v) is 3.39. The van der Waals surface area contributed by atoms with Crippen LogP contribution in [-0.2, 0) is 4.74 Å². The van der Waals surface area contributed by atoms with E-state index in [4.69, 9.17) is 4.74 Å². The third-order valence-electron chi connectivity index (χ3n) is 3.39. The normalized spacial score (nSPS) is 19.3. The van der Waals surface area contributed by atoms with Crippen molar-refractivity contribution < 1.29 is 13.9 Å². The van der Waals surface area contributed by atoms with Crippen molar-refractivity contribution in [1.82, 2.24) is 4.90 Å². The molecule has 1 amide bonds. The second kappa shape index (κ2) is 5.48. The number of aryl methyl sites for hydroxylation is 1. The van der Waals surface area contributed by atoms with Crippen LogP contribution in [0.4, 0.5) is 4.39 Å². The standard InChI is InChI=1S/C14H18FNO2/c1-10-7-12(15)3-4-13(10)14(17)16-6-5-11(8-16)9-18-2/h3-4,7,11H,5-6,8-9H2,1-2H3. The molecule has 1 fully saturated rings. The van der Waals surface area contributed by atoms with Gasteiger partial charge in [-0.25, -0.2) is 4.39 Å². The summed E-state index contributed by atoms with van der Waals surface area (Å²) in [5.41, 5.74) is 1.28. The Hall–Kier alpha value is -1.42. The Morgan fingerprint density at radius 2 is 2.33 bits per heavy atom. The van der Waals surface area contributed by atoms with Crippen molar-refractivity contribution in [3.8, 4) is 0 Å². The fraction of sp³-hybridized carbons (Fsp3) is 0.500. The molecule has 1 aromatic carbocycles. The van der Waals surface area contributed by atoms with E-state index in [1.807, 2.05) is 4.90 Å². The van der Waals surface area contributed by atoms with Crippen molar-refractivity contribution in [2.45, 2.75) is 13.3 Å². The van der Waals surface area contributed by atoms with Crippen LogP contribution in [-0.4, -0.2) is 37.6 Å². The zero-order valence-electron chi connectivity index (χ0n) is 10.8. The van der Waals surface area contributed by atoms with Crippen LogP contribution in [0, 0.1) is 18.7 Å². The van der Waals surface area contributed by atoms with Gasteiger partial charge in [-0.05, 0) is 37.1 Å². The molecule has 18 heavy (non-hydrogen) atoms. The van der Waals surface area contributed by atoms with E-state index < -0.39 is 0 Å². The van der Waals surface area contributed by atoms with Crippen LogP contribution < -0.4 is 0 Å². The number of amides is 1. The fourth-order valence-corrected chi connectivity index (χ4v) is 2.43. The van der Waals surface area contributed by atoms with Crippen LogP contribution in [0.3, 0.4) is 0 Å². The minimum atomic E-state index is -0.303. The molecule has 0 N–H and O–H groups in total. The molecular formula is C14H18FNO2. The summed E-state index contributed by atoms with van der Waals surface area (Å²) in [4.78, 5) is 14.1. The molecule has 1 heterocycles. The Morgan fingerprint density at radius 3 is 3.00 bits per heavy atom. The molecule has 3 nitrogen and oxygen atoms in total. The van der Waals surface area contributed by atoms with Crippen molar-refractivity contribution in [3.05, 3.63) is 35.1 Å². The summed E-state index contributed by atoms with van der Waals surface area (Å²) in [5.74, 6) is 0.105. The number of benzene rings is 1. The van der Waals surface area contributed by atoms with Crippen molar-refractivity contribution in [2.75, 3.05) is 26.8 Å². The molecule has 4 heteroatoms. The molecule has 0 radical (unpaired) electrons. The van der Waals surface area contributed by atoms with Gasteiger partial charge in [-0.3, -0.25) is 4.79 Å². The molecule has 0 aliphatic carbocycles. The lowest BCUT2D eigenvalue weighted by Crippen LogP contribution is -2.29. The number of carbonyl (C=O) groups is 1. The van der Waals surface area contributed by atoms with E-state index in [1.54, 1.807) is 20.1 Å². The van der Waals surface area contributed by atoms with E-state index in [0.29, 0.717) is 23.7 Å². The van der Waals surface area contributed by atoms with E-state index in [9.17, 15) is 9.18 Å². The molecule has 2 rings (SSSR count). The maximum absolute atomic E-state index is 13.0. The molecule has 1 aliphatic heterocycles. The molecule has 1 saturated heterocycles. The Labute approximate surface area is 107 Å². The van der Waals surface area contributed by atoms with Gasteiger partial charge in [0.05, 0.1) is 6.61 Å². The maximum atomic E-state index is 13.0. The lowest BCUT2D eigenvalue weighted by atomic mass is 10.1. The van der Waals surface area contributed by atoms with Crippen LogP contribution in [0.5, 0.6) is 0 Å². The maximum Gasteiger partial charge on any atom is 0.254 e. The third kappa shape index (κ3) is 2.70. The topological polar surface area (TPSA) is 29.5 Å². The predicted molar refractivity (Wildman–Crippen MR) is 67.0 cm³/mol. The van der Waals surface area contributed by atoms with Crippen LogP contribution in [0.15, 0.2) is 18.2 Å². The largest absolute Gasteiger partial charge is 0.384 e. The molecule has 0 saturated carbocycles. The lowest BCUT2D eigenvalue weighted by Gasteiger charge is -2.17. The summed E-state index contributed by atoms with van der Waals surface area (Å²) in [6, 6.07) is 4.30. The first-order valence-corrected chi connectivity index (χ1v) is 6.16. The molecule has 1 aliphatic rings. The van der Waals surface area contributed by atoms with E-state index in [1.165, 1.54) is 12.1 Å². The second-order valence-electron chi connectivity index (χ2n) is 4.82. The van der Waals surface area contributed by atoms with Gasteiger partial charge in [-0.15, -0.1) is 0 Å². The molecule has 0 bridgehead atoms. The highest BCUT2D eigenvalue weighted by Crippen LogP contribution is 2.20. The van der Waals surface area contributed by atoms with Gasteiger partial charge in [0.15, 0.2) is 0 Å². The summed E-state index contributed by atoms with van der Waals surface area (Å²) in [7, 11) is 1.68. The minimum absolute atomic E-state index is 0.00824.